The first-order valence-corrected chi connectivity index (χ1v) is 27.6. The van der Waals surface area contributed by atoms with Crippen LogP contribution in [0.3, 0.4) is 0 Å². The Balaban J connectivity index is 4.44. The van der Waals surface area contributed by atoms with Gasteiger partial charge in [0.1, 0.15) is 13.2 Å². The Morgan fingerprint density at radius 2 is 0.591 bits per heavy atom. The van der Waals surface area contributed by atoms with Crippen LogP contribution < -0.4 is 0 Å². The van der Waals surface area contributed by atoms with Crippen LogP contribution >= 0.6 is 0 Å². The average molecular weight is 919 g/mol. The molecule has 378 valence electrons. The summed E-state index contributed by atoms with van der Waals surface area (Å²) in [6.45, 7) is 6.45. The van der Waals surface area contributed by atoms with Crippen molar-refractivity contribution in [1.29, 1.82) is 0 Å². The Labute approximate surface area is 407 Å². The molecule has 0 aromatic rings. The number of carbonyl (C=O) groups excluding carboxylic acids is 3. The SMILES string of the molecule is CC/C=C\C/C=C\C/C=C\C/C=C\CCCCC(=O)O[C@H](COC(=O)CCCCCCC/C=C\CCCCCCC)COC(=O)CCCCCCCCCCC/C=C\C/C=C\CCCCC. The molecule has 0 aromatic heterocycles. The molecule has 1 atom stereocenters. The number of unbranched alkanes of at least 4 members (excludes halogenated alkanes) is 24. The number of rotatable bonds is 49. The van der Waals surface area contributed by atoms with Gasteiger partial charge in [0.05, 0.1) is 0 Å². The Morgan fingerprint density at radius 1 is 0.318 bits per heavy atom. The fourth-order valence-electron chi connectivity index (χ4n) is 7.46. The summed E-state index contributed by atoms with van der Waals surface area (Å²) in [5.74, 6) is -0.950. The molecule has 0 aromatic carbocycles. The van der Waals surface area contributed by atoms with E-state index in [0.29, 0.717) is 19.3 Å². The minimum Gasteiger partial charge on any atom is -0.462 e. The summed E-state index contributed by atoms with van der Waals surface area (Å²) < 4.78 is 16.8. The standard InChI is InChI=1S/C60H102O6/c1-4-7-10-13-16-19-22-25-28-29-30-31-33-35-38-41-44-47-50-53-59(62)65-56-57(55-64-58(61)52-49-46-43-40-37-34-27-24-21-18-15-12-9-6-3)66-60(63)54-51-48-45-42-39-36-32-26-23-20-17-14-11-8-5-2/h8,11,16-17,19-20,24-28,32,39,42,57H,4-7,9-10,12-15,18,21-23,29-31,33-38,40-41,43-56H2,1-3H3/b11-8-,19-16-,20-17-,27-24-,28-25-,32-26-,42-39-/t57-/m1/s1. The third-order valence-electron chi connectivity index (χ3n) is 11.6. The fourth-order valence-corrected chi connectivity index (χ4v) is 7.46. The Bertz CT molecular complexity index is 1290. The van der Waals surface area contributed by atoms with Crippen molar-refractivity contribution in [2.75, 3.05) is 13.2 Å². The van der Waals surface area contributed by atoms with Crippen molar-refractivity contribution in [3.8, 4) is 0 Å². The van der Waals surface area contributed by atoms with Crippen molar-refractivity contribution in [3.05, 3.63) is 85.1 Å². The summed E-state index contributed by atoms with van der Waals surface area (Å²) >= 11 is 0. The maximum Gasteiger partial charge on any atom is 0.306 e. The number of hydrogen-bond acceptors (Lipinski definition) is 6. The lowest BCUT2D eigenvalue weighted by Crippen LogP contribution is -2.30. The van der Waals surface area contributed by atoms with Gasteiger partial charge in [-0.2, -0.15) is 0 Å². The molecule has 0 spiro atoms. The molecule has 0 fully saturated rings. The molecule has 0 rings (SSSR count). The molecular weight excluding hydrogens is 817 g/mol. The summed E-state index contributed by atoms with van der Waals surface area (Å²) in [5, 5.41) is 0. The zero-order valence-corrected chi connectivity index (χ0v) is 43.2. The molecule has 0 N–H and O–H groups in total. The number of allylic oxidation sites excluding steroid dienone is 14. The molecule has 6 nitrogen and oxygen atoms in total. The highest BCUT2D eigenvalue weighted by Crippen LogP contribution is 2.14. The van der Waals surface area contributed by atoms with Crippen LogP contribution in [0, 0.1) is 0 Å². The van der Waals surface area contributed by atoms with E-state index in [2.05, 4.69) is 106 Å². The minimum absolute atomic E-state index is 0.0981. The zero-order chi connectivity index (χ0) is 47.9. The molecule has 0 amide bonds. The minimum atomic E-state index is -0.803. The lowest BCUT2D eigenvalue weighted by atomic mass is 10.1. The maximum absolute atomic E-state index is 12.8. The Hall–Kier alpha value is -3.41. The van der Waals surface area contributed by atoms with Gasteiger partial charge in [0.2, 0.25) is 0 Å². The van der Waals surface area contributed by atoms with Crippen LogP contribution in [0.2, 0.25) is 0 Å². The molecule has 6 heteroatoms. The Morgan fingerprint density at radius 3 is 1.00 bits per heavy atom. The number of esters is 3. The van der Waals surface area contributed by atoms with Crippen LogP contribution in [0.25, 0.3) is 0 Å². The van der Waals surface area contributed by atoms with Gasteiger partial charge in [-0.05, 0) is 116 Å². The first-order valence-electron chi connectivity index (χ1n) is 27.6. The van der Waals surface area contributed by atoms with Crippen molar-refractivity contribution in [3.63, 3.8) is 0 Å². The summed E-state index contributed by atoms with van der Waals surface area (Å²) in [6.07, 6.45) is 70.0. The highest BCUT2D eigenvalue weighted by molar-refractivity contribution is 5.71. The van der Waals surface area contributed by atoms with E-state index < -0.39 is 6.10 Å². The molecule has 0 unspecified atom stereocenters. The largest absolute Gasteiger partial charge is 0.462 e. The smallest absolute Gasteiger partial charge is 0.306 e. The highest BCUT2D eigenvalue weighted by atomic mass is 16.6. The molecule has 0 aliphatic carbocycles. The monoisotopic (exact) mass is 919 g/mol. The van der Waals surface area contributed by atoms with Gasteiger partial charge in [0.15, 0.2) is 6.10 Å². The van der Waals surface area contributed by atoms with E-state index in [4.69, 9.17) is 14.2 Å². The molecule has 0 saturated carbocycles. The number of hydrogen-bond donors (Lipinski definition) is 0. The van der Waals surface area contributed by atoms with E-state index in [1.165, 1.54) is 122 Å². The predicted molar refractivity (Wildman–Crippen MR) is 284 cm³/mol. The number of carbonyl (C=O) groups is 3. The predicted octanol–water partition coefficient (Wildman–Crippen LogP) is 18.4. The summed E-state index contributed by atoms with van der Waals surface area (Å²) in [4.78, 5) is 38.1. The van der Waals surface area contributed by atoms with Crippen molar-refractivity contribution >= 4 is 17.9 Å². The summed E-state index contributed by atoms with van der Waals surface area (Å²) in [5.41, 5.74) is 0. The van der Waals surface area contributed by atoms with Gasteiger partial charge >= 0.3 is 17.9 Å². The second-order valence-corrected chi connectivity index (χ2v) is 18.1. The van der Waals surface area contributed by atoms with Gasteiger partial charge in [-0.3, -0.25) is 14.4 Å². The van der Waals surface area contributed by atoms with Crippen LogP contribution in [0.1, 0.15) is 258 Å². The van der Waals surface area contributed by atoms with E-state index in [9.17, 15) is 14.4 Å². The van der Waals surface area contributed by atoms with Crippen molar-refractivity contribution < 1.29 is 28.6 Å². The molecule has 0 aliphatic rings. The van der Waals surface area contributed by atoms with E-state index in [0.717, 1.165) is 89.9 Å². The second kappa shape index (κ2) is 54.2. The lowest BCUT2D eigenvalue weighted by molar-refractivity contribution is -0.167. The van der Waals surface area contributed by atoms with E-state index >= 15 is 0 Å². The van der Waals surface area contributed by atoms with Crippen molar-refractivity contribution in [2.24, 2.45) is 0 Å². The van der Waals surface area contributed by atoms with Gasteiger partial charge in [0.25, 0.3) is 0 Å². The quantitative estimate of drug-likeness (QED) is 0.0262. The van der Waals surface area contributed by atoms with Crippen LogP contribution in [0.15, 0.2) is 85.1 Å². The molecule has 66 heavy (non-hydrogen) atoms. The van der Waals surface area contributed by atoms with E-state index in [-0.39, 0.29) is 37.5 Å². The summed E-state index contributed by atoms with van der Waals surface area (Å²) in [6, 6.07) is 0. The van der Waals surface area contributed by atoms with Crippen LogP contribution in [0.5, 0.6) is 0 Å². The molecule has 0 saturated heterocycles. The normalized spacial score (nSPS) is 12.7. The molecule has 0 aliphatic heterocycles. The van der Waals surface area contributed by atoms with Gasteiger partial charge in [-0.1, -0.05) is 209 Å². The molecule has 0 radical (unpaired) electrons. The third-order valence-corrected chi connectivity index (χ3v) is 11.6. The second-order valence-electron chi connectivity index (χ2n) is 18.1. The van der Waals surface area contributed by atoms with Crippen molar-refractivity contribution in [1.82, 2.24) is 0 Å². The first kappa shape index (κ1) is 62.6. The van der Waals surface area contributed by atoms with Gasteiger partial charge in [-0.15, -0.1) is 0 Å². The zero-order valence-electron chi connectivity index (χ0n) is 43.2. The fraction of sp³-hybridized carbons (Fsp3) is 0.717. The average Bonchev–Trinajstić information content (AvgIpc) is 3.31. The van der Waals surface area contributed by atoms with Gasteiger partial charge < -0.3 is 14.2 Å². The Kier molecular flexibility index (Phi) is 51.4. The first-order chi connectivity index (χ1) is 32.5. The van der Waals surface area contributed by atoms with Crippen LogP contribution in [-0.2, 0) is 28.6 Å². The highest BCUT2D eigenvalue weighted by Gasteiger charge is 2.19. The molecule has 0 bridgehead atoms. The molecule has 0 heterocycles. The summed E-state index contributed by atoms with van der Waals surface area (Å²) in [7, 11) is 0. The molecular formula is C60H102O6. The van der Waals surface area contributed by atoms with E-state index in [1.807, 2.05) is 0 Å². The van der Waals surface area contributed by atoms with Crippen LogP contribution in [0.4, 0.5) is 0 Å². The third kappa shape index (κ3) is 51.6. The maximum atomic E-state index is 12.8. The van der Waals surface area contributed by atoms with Gasteiger partial charge in [0, 0.05) is 19.3 Å². The van der Waals surface area contributed by atoms with Crippen LogP contribution in [-0.4, -0.2) is 37.2 Å². The lowest BCUT2D eigenvalue weighted by Gasteiger charge is -2.18. The van der Waals surface area contributed by atoms with E-state index in [1.54, 1.807) is 0 Å². The number of ether oxygens (including phenoxy) is 3. The van der Waals surface area contributed by atoms with Gasteiger partial charge in [-0.25, -0.2) is 0 Å². The van der Waals surface area contributed by atoms with Crippen molar-refractivity contribution in [2.45, 2.75) is 264 Å². The topological polar surface area (TPSA) is 78.9 Å².